The molecule has 0 aliphatic rings. The summed E-state index contributed by atoms with van der Waals surface area (Å²) in [5, 5.41) is 8.25. The number of rotatable bonds is 7. The van der Waals surface area contributed by atoms with Gasteiger partial charge in [0.2, 0.25) is 0 Å². The second-order valence-electron chi connectivity index (χ2n) is 7.10. The van der Waals surface area contributed by atoms with Crippen LogP contribution in [-0.4, -0.2) is 29.9 Å². The number of methoxy groups -OCH3 is 2. The fourth-order valence-corrected chi connectivity index (χ4v) is 3.48. The lowest BCUT2D eigenvalue weighted by molar-refractivity contribution is 0.102. The summed E-state index contributed by atoms with van der Waals surface area (Å²) < 4.78 is 12.4. The molecule has 0 saturated carbocycles. The van der Waals surface area contributed by atoms with Crippen molar-refractivity contribution in [3.63, 3.8) is 0 Å². The molecule has 0 radical (unpaired) electrons. The summed E-state index contributed by atoms with van der Waals surface area (Å²) >= 11 is 6.05. The van der Waals surface area contributed by atoms with Gasteiger partial charge in [0, 0.05) is 22.8 Å². The quantitative estimate of drug-likeness (QED) is 0.405. The van der Waals surface area contributed by atoms with Crippen LogP contribution in [0, 0.1) is 0 Å². The molecule has 7 heteroatoms. The monoisotopic (exact) mass is 447 g/mol. The number of nitrogens with zero attached hydrogens (tertiary/aromatic N) is 2. The zero-order chi connectivity index (χ0) is 22.5. The number of ether oxygens (including phenoxy) is 2. The smallest absolute Gasteiger partial charge is 0.259 e. The first-order valence-electron chi connectivity index (χ1n) is 9.98. The predicted molar refractivity (Wildman–Crippen MR) is 126 cm³/mol. The Morgan fingerprint density at radius 1 is 1.00 bits per heavy atom. The number of nitrogens with one attached hydrogen (secondary N) is 1. The van der Waals surface area contributed by atoms with Crippen LogP contribution >= 0.6 is 11.6 Å². The van der Waals surface area contributed by atoms with Crippen LogP contribution in [0.5, 0.6) is 11.5 Å². The molecule has 0 bridgehead atoms. The summed E-state index contributed by atoms with van der Waals surface area (Å²) in [6.45, 7) is 0.542. The molecule has 4 aromatic rings. The van der Waals surface area contributed by atoms with E-state index in [9.17, 15) is 4.79 Å². The Morgan fingerprint density at radius 2 is 1.75 bits per heavy atom. The van der Waals surface area contributed by atoms with Crippen molar-refractivity contribution < 1.29 is 14.3 Å². The molecule has 1 N–H and O–H groups in total. The molecule has 0 saturated heterocycles. The number of halogens is 1. The minimum atomic E-state index is -0.294. The van der Waals surface area contributed by atoms with Gasteiger partial charge >= 0.3 is 0 Å². The molecule has 1 amide bonds. The lowest BCUT2D eigenvalue weighted by Gasteiger charge is -2.11. The van der Waals surface area contributed by atoms with Gasteiger partial charge in [-0.05, 0) is 29.8 Å². The van der Waals surface area contributed by atoms with E-state index in [0.717, 1.165) is 11.1 Å². The van der Waals surface area contributed by atoms with Gasteiger partial charge in [0.05, 0.1) is 32.0 Å². The third kappa shape index (κ3) is 4.76. The Labute approximate surface area is 191 Å². The number of aromatic nitrogens is 2. The number of amides is 1. The highest BCUT2D eigenvalue weighted by Crippen LogP contribution is 2.31. The molecule has 1 aromatic heterocycles. The third-order valence-corrected chi connectivity index (χ3v) is 5.22. The zero-order valence-electron chi connectivity index (χ0n) is 17.7. The highest BCUT2D eigenvalue weighted by molar-refractivity contribution is 6.30. The first-order valence-corrected chi connectivity index (χ1v) is 10.4. The van der Waals surface area contributed by atoms with Crippen LogP contribution in [0.3, 0.4) is 0 Å². The summed E-state index contributed by atoms with van der Waals surface area (Å²) in [5.41, 5.74) is 3.44. The normalized spacial score (nSPS) is 10.6. The summed E-state index contributed by atoms with van der Waals surface area (Å²) in [6, 6.07) is 22.4. The number of carbonyl (C=O) groups is 1. The number of benzene rings is 3. The molecule has 0 spiro atoms. The van der Waals surface area contributed by atoms with Crippen LogP contribution in [0.1, 0.15) is 15.9 Å². The van der Waals surface area contributed by atoms with Gasteiger partial charge < -0.3 is 14.8 Å². The molecular weight excluding hydrogens is 426 g/mol. The SMILES string of the molecule is COc1ccc(NC(=O)c2cn(Cc3ccccc3)nc2-c2ccc(Cl)cc2)c(OC)c1. The fraction of sp³-hybridized carbons (Fsp3) is 0.120. The Balaban J connectivity index is 1.69. The summed E-state index contributed by atoms with van der Waals surface area (Å²) in [6.07, 6.45) is 1.75. The highest BCUT2D eigenvalue weighted by Gasteiger charge is 2.20. The maximum Gasteiger partial charge on any atom is 0.259 e. The fourth-order valence-electron chi connectivity index (χ4n) is 3.35. The molecule has 32 heavy (non-hydrogen) atoms. The van der Waals surface area contributed by atoms with Crippen molar-refractivity contribution in [2.45, 2.75) is 6.54 Å². The molecule has 3 aromatic carbocycles. The Hall–Kier alpha value is -3.77. The second kappa shape index (κ2) is 9.58. The van der Waals surface area contributed by atoms with Crippen LogP contribution in [-0.2, 0) is 6.54 Å². The van der Waals surface area contributed by atoms with Crippen molar-refractivity contribution in [1.29, 1.82) is 0 Å². The Kier molecular flexibility index (Phi) is 6.42. The van der Waals surface area contributed by atoms with Crippen LogP contribution in [0.4, 0.5) is 5.69 Å². The van der Waals surface area contributed by atoms with Gasteiger partial charge in [0.15, 0.2) is 0 Å². The number of hydrogen-bond donors (Lipinski definition) is 1. The van der Waals surface area contributed by atoms with E-state index in [1.165, 1.54) is 0 Å². The largest absolute Gasteiger partial charge is 0.497 e. The minimum Gasteiger partial charge on any atom is -0.497 e. The molecule has 162 valence electrons. The van der Waals surface area contributed by atoms with Crippen molar-refractivity contribution in [2.24, 2.45) is 0 Å². The van der Waals surface area contributed by atoms with Crippen LogP contribution < -0.4 is 14.8 Å². The minimum absolute atomic E-state index is 0.294. The van der Waals surface area contributed by atoms with E-state index in [1.54, 1.807) is 55.4 Å². The van der Waals surface area contributed by atoms with Gasteiger partial charge in [-0.25, -0.2) is 0 Å². The molecular formula is C25H22ClN3O3. The first kappa shape index (κ1) is 21.5. The van der Waals surface area contributed by atoms with E-state index >= 15 is 0 Å². The van der Waals surface area contributed by atoms with Gasteiger partial charge in [-0.15, -0.1) is 0 Å². The average molecular weight is 448 g/mol. The molecule has 0 aliphatic carbocycles. The van der Waals surface area contributed by atoms with E-state index < -0.39 is 0 Å². The molecule has 4 rings (SSSR count). The van der Waals surface area contributed by atoms with Gasteiger partial charge in [0.1, 0.15) is 17.2 Å². The first-order chi connectivity index (χ1) is 15.6. The van der Waals surface area contributed by atoms with E-state index in [4.69, 9.17) is 26.2 Å². The van der Waals surface area contributed by atoms with Crippen molar-refractivity contribution in [3.05, 3.63) is 95.1 Å². The third-order valence-electron chi connectivity index (χ3n) is 4.97. The Morgan fingerprint density at radius 3 is 2.44 bits per heavy atom. The van der Waals surface area contributed by atoms with Crippen LogP contribution in [0.2, 0.25) is 5.02 Å². The van der Waals surface area contributed by atoms with Crippen molar-refractivity contribution >= 4 is 23.2 Å². The lowest BCUT2D eigenvalue weighted by Crippen LogP contribution is -2.13. The van der Waals surface area contributed by atoms with Crippen LogP contribution in [0.25, 0.3) is 11.3 Å². The molecule has 0 fully saturated rings. The van der Waals surface area contributed by atoms with Crippen molar-refractivity contribution in [2.75, 3.05) is 19.5 Å². The standard InChI is InChI=1S/C25H22ClN3O3/c1-31-20-12-13-22(23(14-20)32-2)27-25(30)21-16-29(15-17-6-4-3-5-7-17)28-24(21)18-8-10-19(26)11-9-18/h3-14,16H,15H2,1-2H3,(H,27,30). The maximum absolute atomic E-state index is 13.3. The van der Waals surface area contributed by atoms with Crippen molar-refractivity contribution in [3.8, 4) is 22.8 Å². The number of carbonyl (C=O) groups excluding carboxylic acids is 1. The molecule has 6 nitrogen and oxygen atoms in total. The topological polar surface area (TPSA) is 65.4 Å². The Bertz CT molecular complexity index is 1220. The van der Waals surface area contributed by atoms with E-state index in [2.05, 4.69) is 5.32 Å². The molecule has 1 heterocycles. The molecule has 0 aliphatic heterocycles. The van der Waals surface area contributed by atoms with E-state index in [0.29, 0.717) is 40.0 Å². The van der Waals surface area contributed by atoms with Crippen LogP contribution in [0.15, 0.2) is 79.0 Å². The molecule has 0 unspecified atom stereocenters. The van der Waals surface area contributed by atoms with E-state index in [-0.39, 0.29) is 5.91 Å². The molecule has 0 atom stereocenters. The van der Waals surface area contributed by atoms with Gasteiger partial charge in [0.25, 0.3) is 5.91 Å². The van der Waals surface area contributed by atoms with Gasteiger partial charge in [-0.3, -0.25) is 9.48 Å². The second-order valence-corrected chi connectivity index (χ2v) is 7.54. The summed E-state index contributed by atoms with van der Waals surface area (Å²) in [4.78, 5) is 13.3. The summed E-state index contributed by atoms with van der Waals surface area (Å²) in [7, 11) is 3.12. The zero-order valence-corrected chi connectivity index (χ0v) is 18.5. The number of hydrogen-bond acceptors (Lipinski definition) is 4. The predicted octanol–water partition coefficient (Wildman–Crippen LogP) is 5.52. The van der Waals surface area contributed by atoms with Gasteiger partial charge in [-0.1, -0.05) is 54.1 Å². The van der Waals surface area contributed by atoms with E-state index in [1.807, 2.05) is 42.5 Å². The van der Waals surface area contributed by atoms with Gasteiger partial charge in [-0.2, -0.15) is 5.10 Å². The summed E-state index contributed by atoms with van der Waals surface area (Å²) in [5.74, 6) is 0.845. The highest BCUT2D eigenvalue weighted by atomic mass is 35.5. The lowest BCUT2D eigenvalue weighted by atomic mass is 10.1. The van der Waals surface area contributed by atoms with Crippen molar-refractivity contribution in [1.82, 2.24) is 9.78 Å². The average Bonchev–Trinajstić information content (AvgIpc) is 3.24. The number of anilines is 1. The maximum atomic E-state index is 13.3.